The zero-order chi connectivity index (χ0) is 14.4. The second kappa shape index (κ2) is 6.78. The highest BCUT2D eigenvalue weighted by molar-refractivity contribution is 5.95. The molecule has 0 bridgehead atoms. The molecule has 5 heteroatoms. The lowest BCUT2D eigenvalue weighted by Gasteiger charge is -2.24. The number of hydrogen-bond donors (Lipinski definition) is 2. The van der Waals surface area contributed by atoms with E-state index in [2.05, 4.69) is 5.32 Å². The Labute approximate surface area is 113 Å². The van der Waals surface area contributed by atoms with Gasteiger partial charge < -0.3 is 15.3 Å². The van der Waals surface area contributed by atoms with E-state index < -0.39 is 5.97 Å². The van der Waals surface area contributed by atoms with Gasteiger partial charge >= 0.3 is 5.97 Å². The van der Waals surface area contributed by atoms with Crippen LogP contribution in [0, 0.1) is 0 Å². The largest absolute Gasteiger partial charge is 0.478 e. The Kier molecular flexibility index (Phi) is 5.36. The van der Waals surface area contributed by atoms with Crippen molar-refractivity contribution in [3.63, 3.8) is 0 Å². The van der Waals surface area contributed by atoms with Crippen LogP contribution in [0.1, 0.15) is 31.1 Å². The fourth-order valence-corrected chi connectivity index (χ4v) is 1.84. The van der Waals surface area contributed by atoms with Gasteiger partial charge in [0.1, 0.15) is 0 Å². The Morgan fingerprint density at radius 2 is 1.95 bits per heavy atom. The number of carbonyl (C=O) groups excluding carboxylic acids is 1. The minimum atomic E-state index is -0.988. The molecule has 1 aromatic carbocycles. The summed E-state index contributed by atoms with van der Waals surface area (Å²) in [7, 11) is 0. The van der Waals surface area contributed by atoms with E-state index in [0.717, 1.165) is 0 Å². The first-order valence-corrected chi connectivity index (χ1v) is 6.32. The molecule has 0 saturated carbocycles. The zero-order valence-electron chi connectivity index (χ0n) is 11.5. The van der Waals surface area contributed by atoms with Crippen molar-refractivity contribution in [2.24, 2.45) is 0 Å². The smallest absolute Gasteiger partial charge is 0.337 e. The van der Waals surface area contributed by atoms with Gasteiger partial charge in [0.25, 0.3) is 0 Å². The van der Waals surface area contributed by atoms with E-state index in [0.29, 0.717) is 12.2 Å². The zero-order valence-corrected chi connectivity index (χ0v) is 11.5. The number of carboxylic acid groups (broad SMARTS) is 1. The number of carbonyl (C=O) groups is 2. The number of aromatic carboxylic acids is 1. The number of likely N-dealkylation sites (N-methyl/N-ethyl adjacent to an activating group) is 1. The van der Waals surface area contributed by atoms with Gasteiger partial charge in [-0.3, -0.25) is 4.79 Å². The summed E-state index contributed by atoms with van der Waals surface area (Å²) < 4.78 is 0. The first-order valence-electron chi connectivity index (χ1n) is 6.32. The highest BCUT2D eigenvalue weighted by Gasteiger charge is 2.16. The lowest BCUT2D eigenvalue weighted by atomic mass is 10.1. The number of rotatable bonds is 6. The number of benzene rings is 1. The molecule has 104 valence electrons. The van der Waals surface area contributed by atoms with E-state index in [4.69, 9.17) is 5.11 Å². The minimum absolute atomic E-state index is 0.0703. The maximum Gasteiger partial charge on any atom is 0.337 e. The summed E-state index contributed by atoms with van der Waals surface area (Å²) in [4.78, 5) is 24.7. The van der Waals surface area contributed by atoms with Gasteiger partial charge in [-0.05, 0) is 32.9 Å². The van der Waals surface area contributed by atoms with Gasteiger partial charge in [0.05, 0.1) is 17.8 Å². The molecule has 0 unspecified atom stereocenters. The summed E-state index contributed by atoms with van der Waals surface area (Å²) in [5, 5.41) is 12.0. The van der Waals surface area contributed by atoms with Gasteiger partial charge in [-0.2, -0.15) is 0 Å². The summed E-state index contributed by atoms with van der Waals surface area (Å²) in [6, 6.07) is 6.77. The van der Waals surface area contributed by atoms with Crippen molar-refractivity contribution >= 4 is 17.6 Å². The van der Waals surface area contributed by atoms with Gasteiger partial charge in [0, 0.05) is 12.6 Å². The molecule has 0 spiro atoms. The molecule has 1 rings (SSSR count). The predicted octanol–water partition coefficient (Wildman–Crippen LogP) is 1.74. The van der Waals surface area contributed by atoms with Gasteiger partial charge in [0.15, 0.2) is 0 Å². The molecular formula is C14H20N2O3. The van der Waals surface area contributed by atoms with Crippen LogP contribution in [0.3, 0.4) is 0 Å². The van der Waals surface area contributed by atoms with Crippen LogP contribution in [0.2, 0.25) is 0 Å². The Hall–Kier alpha value is -2.04. The highest BCUT2D eigenvalue weighted by Crippen LogP contribution is 2.19. The van der Waals surface area contributed by atoms with Gasteiger partial charge in [0.2, 0.25) is 5.91 Å². The second-order valence-electron chi connectivity index (χ2n) is 4.56. The van der Waals surface area contributed by atoms with Crippen molar-refractivity contribution in [2.75, 3.05) is 18.0 Å². The van der Waals surface area contributed by atoms with Crippen molar-refractivity contribution in [3.05, 3.63) is 29.8 Å². The first kappa shape index (κ1) is 15.0. The Bertz CT molecular complexity index is 458. The molecule has 2 N–H and O–H groups in total. The molecule has 0 aliphatic heterocycles. The van der Waals surface area contributed by atoms with Crippen molar-refractivity contribution in [3.8, 4) is 0 Å². The minimum Gasteiger partial charge on any atom is -0.478 e. The standard InChI is InChI=1S/C14H20N2O3/c1-4-16(9-13(17)15-10(2)3)12-8-6-5-7-11(12)14(18)19/h5-8,10H,4,9H2,1-3H3,(H,15,17)(H,18,19). The first-order chi connectivity index (χ1) is 8.95. The topological polar surface area (TPSA) is 69.6 Å². The number of anilines is 1. The summed E-state index contributed by atoms with van der Waals surface area (Å²) in [5.74, 6) is -1.10. The van der Waals surface area contributed by atoms with Gasteiger partial charge in [-0.1, -0.05) is 12.1 Å². The van der Waals surface area contributed by atoms with E-state index in [1.54, 1.807) is 29.2 Å². The molecule has 0 saturated heterocycles. The summed E-state index contributed by atoms with van der Waals surface area (Å²) in [6.45, 7) is 6.38. The molecule has 0 aliphatic carbocycles. The third-order valence-electron chi connectivity index (χ3n) is 2.64. The lowest BCUT2D eigenvalue weighted by molar-refractivity contribution is -0.120. The molecular weight excluding hydrogens is 244 g/mol. The van der Waals surface area contributed by atoms with Crippen molar-refractivity contribution < 1.29 is 14.7 Å². The number of amides is 1. The highest BCUT2D eigenvalue weighted by atomic mass is 16.4. The van der Waals surface area contributed by atoms with E-state index in [1.165, 1.54) is 0 Å². The summed E-state index contributed by atoms with van der Waals surface area (Å²) in [6.07, 6.45) is 0. The number of carboxylic acids is 1. The van der Waals surface area contributed by atoms with Crippen LogP contribution in [0.25, 0.3) is 0 Å². The molecule has 0 aliphatic rings. The van der Waals surface area contributed by atoms with Crippen LogP contribution in [-0.4, -0.2) is 36.1 Å². The maximum atomic E-state index is 11.8. The average Bonchev–Trinajstić information content (AvgIpc) is 2.35. The molecule has 1 aromatic rings. The molecule has 1 amide bonds. The third kappa shape index (κ3) is 4.28. The van der Waals surface area contributed by atoms with Crippen LogP contribution in [-0.2, 0) is 4.79 Å². The van der Waals surface area contributed by atoms with E-state index in [9.17, 15) is 9.59 Å². The normalized spacial score (nSPS) is 10.3. The van der Waals surface area contributed by atoms with Crippen LogP contribution in [0.15, 0.2) is 24.3 Å². The number of nitrogens with zero attached hydrogens (tertiary/aromatic N) is 1. The second-order valence-corrected chi connectivity index (χ2v) is 4.56. The van der Waals surface area contributed by atoms with E-state index in [1.807, 2.05) is 20.8 Å². The monoisotopic (exact) mass is 264 g/mol. The fraction of sp³-hybridized carbons (Fsp3) is 0.429. The molecule has 0 radical (unpaired) electrons. The number of hydrogen-bond acceptors (Lipinski definition) is 3. The Balaban J connectivity index is 2.91. The number of para-hydroxylation sites is 1. The SMILES string of the molecule is CCN(CC(=O)NC(C)C)c1ccccc1C(=O)O. The van der Waals surface area contributed by atoms with Crippen molar-refractivity contribution in [2.45, 2.75) is 26.8 Å². The van der Waals surface area contributed by atoms with Gasteiger partial charge in [-0.25, -0.2) is 4.79 Å². The predicted molar refractivity (Wildman–Crippen MR) is 74.6 cm³/mol. The van der Waals surface area contributed by atoms with Gasteiger partial charge in [-0.15, -0.1) is 0 Å². The Morgan fingerprint density at radius 1 is 1.32 bits per heavy atom. The number of nitrogens with one attached hydrogen (secondary N) is 1. The van der Waals surface area contributed by atoms with Crippen LogP contribution in [0.5, 0.6) is 0 Å². The fourth-order valence-electron chi connectivity index (χ4n) is 1.84. The van der Waals surface area contributed by atoms with E-state index >= 15 is 0 Å². The van der Waals surface area contributed by atoms with Crippen molar-refractivity contribution in [1.29, 1.82) is 0 Å². The molecule has 0 heterocycles. The summed E-state index contributed by atoms with van der Waals surface area (Å²) >= 11 is 0. The average molecular weight is 264 g/mol. The Morgan fingerprint density at radius 3 is 2.47 bits per heavy atom. The van der Waals surface area contributed by atoms with Crippen LogP contribution in [0.4, 0.5) is 5.69 Å². The molecule has 0 aromatic heterocycles. The van der Waals surface area contributed by atoms with Crippen LogP contribution >= 0.6 is 0 Å². The molecule has 0 atom stereocenters. The molecule has 19 heavy (non-hydrogen) atoms. The molecule has 5 nitrogen and oxygen atoms in total. The maximum absolute atomic E-state index is 11.8. The van der Waals surface area contributed by atoms with Crippen molar-refractivity contribution in [1.82, 2.24) is 5.32 Å². The lowest BCUT2D eigenvalue weighted by Crippen LogP contribution is -2.40. The van der Waals surface area contributed by atoms with Crippen LogP contribution < -0.4 is 10.2 Å². The summed E-state index contributed by atoms with van der Waals surface area (Å²) in [5.41, 5.74) is 0.776. The molecule has 0 fully saturated rings. The third-order valence-corrected chi connectivity index (χ3v) is 2.64. The quantitative estimate of drug-likeness (QED) is 0.821. The van der Waals surface area contributed by atoms with E-state index in [-0.39, 0.29) is 24.1 Å².